The molecule has 6 rings (SSSR count). The molecule has 0 spiro atoms. The predicted octanol–water partition coefficient (Wildman–Crippen LogP) is 2.23. The van der Waals surface area contributed by atoms with E-state index in [1.54, 1.807) is 12.1 Å². The number of aromatic hydroxyl groups is 1. The van der Waals surface area contributed by atoms with E-state index >= 15 is 0 Å². The second-order valence-corrected chi connectivity index (χ2v) is 8.44. The molecule has 2 aromatic heterocycles. The minimum Gasteiger partial charge on any atom is -0.507 e. The lowest BCUT2D eigenvalue weighted by Gasteiger charge is -2.31. The first kappa shape index (κ1) is 18.4. The summed E-state index contributed by atoms with van der Waals surface area (Å²) in [4.78, 5) is 12.2. The summed E-state index contributed by atoms with van der Waals surface area (Å²) in [5.74, 6) is 2.72. The summed E-state index contributed by atoms with van der Waals surface area (Å²) in [6.45, 7) is 0. The zero-order valence-electron chi connectivity index (χ0n) is 17.0. The molecule has 0 amide bonds. The van der Waals surface area contributed by atoms with Crippen LogP contribution in [0.5, 0.6) is 17.6 Å². The summed E-state index contributed by atoms with van der Waals surface area (Å²) >= 11 is 0. The number of phenols is 1. The average molecular weight is 418 g/mol. The number of aromatic nitrogens is 5. The van der Waals surface area contributed by atoms with Gasteiger partial charge in [-0.05, 0) is 36.5 Å². The number of rotatable bonds is 5. The summed E-state index contributed by atoms with van der Waals surface area (Å²) < 4.78 is 11.1. The van der Waals surface area contributed by atoms with Gasteiger partial charge >= 0.3 is 6.01 Å². The van der Waals surface area contributed by atoms with Crippen LogP contribution in [0.4, 0.5) is 0 Å². The maximum absolute atomic E-state index is 10.5. The van der Waals surface area contributed by atoms with E-state index in [0.717, 1.165) is 24.7 Å². The number of fused-ring (bicyclic) bond motifs is 5. The molecular weight excluding hydrogens is 396 g/mol. The summed E-state index contributed by atoms with van der Waals surface area (Å²) in [6.07, 6.45) is 5.00. The monoisotopic (exact) mass is 418 g/mol. The number of nitrogens with one attached hydrogen (secondary N) is 1. The van der Waals surface area contributed by atoms with E-state index in [2.05, 4.69) is 30.5 Å². The normalized spacial score (nSPS) is 28.1. The van der Waals surface area contributed by atoms with Gasteiger partial charge in [0, 0.05) is 42.1 Å². The van der Waals surface area contributed by atoms with Gasteiger partial charge in [0.05, 0.1) is 12.8 Å². The van der Waals surface area contributed by atoms with Crippen molar-refractivity contribution in [3.63, 3.8) is 0 Å². The average Bonchev–Trinajstić information content (AvgIpc) is 3.56. The fourth-order valence-corrected chi connectivity index (χ4v) is 5.03. The van der Waals surface area contributed by atoms with Gasteiger partial charge in [-0.3, -0.25) is 0 Å². The largest absolute Gasteiger partial charge is 0.507 e. The Balaban J connectivity index is 1.17. The number of phenolic OH excluding ortho intramolecular Hbond substituents is 1. The molecule has 9 heteroatoms. The number of hydrogen-bond donors (Lipinski definition) is 2. The molecule has 3 aliphatic rings. The summed E-state index contributed by atoms with van der Waals surface area (Å²) in [5, 5.41) is 22.8. The third kappa shape index (κ3) is 3.34. The molecule has 1 saturated carbocycles. The maximum atomic E-state index is 10.5. The molecular formula is C22H22N6O3. The number of benzene rings is 1. The van der Waals surface area contributed by atoms with Crippen LogP contribution >= 0.6 is 0 Å². The standard InChI is InChI=1S/C22H22N6O3/c1-30-22-24-10-23-21(26-22)11-2-3-13(19(29)6-11)16-4-5-20(28-27-16)31-12-7-17-14-9-15(14)18(8-12)25-17/h2-6,10,12,14-15,17-18,25,29H,7-9H2,1H3. The SMILES string of the molecule is COc1ncnc(-c2ccc(-c3ccc(OC4CC5NC(C4)C4CC54)nn3)c(O)c2)n1. The van der Waals surface area contributed by atoms with Crippen LogP contribution in [0.25, 0.3) is 22.6 Å². The minimum atomic E-state index is 0.0639. The van der Waals surface area contributed by atoms with E-state index in [0.29, 0.717) is 40.6 Å². The highest BCUT2D eigenvalue weighted by Crippen LogP contribution is 2.53. The molecule has 2 saturated heterocycles. The third-order valence-electron chi connectivity index (χ3n) is 6.58. The Morgan fingerprint density at radius 3 is 2.55 bits per heavy atom. The van der Waals surface area contributed by atoms with Gasteiger partial charge in [0.25, 0.3) is 0 Å². The van der Waals surface area contributed by atoms with Crippen LogP contribution in [0.3, 0.4) is 0 Å². The Labute approximate surface area is 178 Å². The van der Waals surface area contributed by atoms with Crippen molar-refractivity contribution in [3.8, 4) is 40.3 Å². The van der Waals surface area contributed by atoms with Crippen LogP contribution in [0, 0.1) is 11.8 Å². The van der Waals surface area contributed by atoms with Crippen LogP contribution in [0.15, 0.2) is 36.7 Å². The van der Waals surface area contributed by atoms with E-state index in [1.165, 1.54) is 19.9 Å². The van der Waals surface area contributed by atoms with Crippen molar-refractivity contribution in [1.82, 2.24) is 30.5 Å². The maximum Gasteiger partial charge on any atom is 0.319 e. The lowest BCUT2D eigenvalue weighted by molar-refractivity contribution is 0.119. The van der Waals surface area contributed by atoms with Gasteiger partial charge in [-0.1, -0.05) is 6.07 Å². The molecule has 3 aromatic rings. The Kier molecular flexibility index (Phi) is 4.24. The van der Waals surface area contributed by atoms with Crippen molar-refractivity contribution in [3.05, 3.63) is 36.7 Å². The van der Waals surface area contributed by atoms with Gasteiger partial charge in [-0.25, -0.2) is 4.98 Å². The zero-order chi connectivity index (χ0) is 20.9. The molecule has 4 atom stereocenters. The lowest BCUT2D eigenvalue weighted by atomic mass is 9.98. The van der Waals surface area contributed by atoms with Crippen LogP contribution in [0.2, 0.25) is 0 Å². The smallest absolute Gasteiger partial charge is 0.319 e. The number of ether oxygens (including phenoxy) is 2. The van der Waals surface area contributed by atoms with Gasteiger partial charge in [0.15, 0.2) is 5.82 Å². The molecule has 3 fully saturated rings. The van der Waals surface area contributed by atoms with Crippen LogP contribution < -0.4 is 14.8 Å². The number of methoxy groups -OCH3 is 1. The van der Waals surface area contributed by atoms with Crippen molar-refractivity contribution in [2.75, 3.05) is 7.11 Å². The summed E-state index contributed by atoms with van der Waals surface area (Å²) in [6, 6.07) is 10.2. The highest BCUT2D eigenvalue weighted by atomic mass is 16.5. The first-order valence-electron chi connectivity index (χ1n) is 10.5. The topological polar surface area (TPSA) is 115 Å². The molecule has 4 unspecified atom stereocenters. The molecule has 4 heterocycles. The molecule has 9 nitrogen and oxygen atoms in total. The molecule has 1 aromatic carbocycles. The van der Waals surface area contributed by atoms with Crippen molar-refractivity contribution < 1.29 is 14.6 Å². The van der Waals surface area contributed by atoms with E-state index in [1.807, 2.05) is 18.2 Å². The van der Waals surface area contributed by atoms with E-state index in [-0.39, 0.29) is 17.9 Å². The van der Waals surface area contributed by atoms with E-state index < -0.39 is 0 Å². The Morgan fingerprint density at radius 1 is 1.00 bits per heavy atom. The molecule has 2 aliphatic heterocycles. The van der Waals surface area contributed by atoms with Gasteiger partial charge in [0.2, 0.25) is 5.88 Å². The number of hydrogen-bond acceptors (Lipinski definition) is 9. The van der Waals surface area contributed by atoms with Crippen LogP contribution in [-0.2, 0) is 0 Å². The van der Waals surface area contributed by atoms with Gasteiger partial charge in [-0.15, -0.1) is 10.2 Å². The Hall–Kier alpha value is -3.33. The first-order valence-corrected chi connectivity index (χ1v) is 10.5. The number of nitrogens with zero attached hydrogens (tertiary/aromatic N) is 5. The van der Waals surface area contributed by atoms with E-state index in [9.17, 15) is 5.11 Å². The molecule has 1 aliphatic carbocycles. The number of piperidine rings is 2. The van der Waals surface area contributed by atoms with Gasteiger partial charge < -0.3 is 19.9 Å². The zero-order valence-corrected chi connectivity index (χ0v) is 17.0. The van der Waals surface area contributed by atoms with Crippen LogP contribution in [-0.4, -0.2) is 55.6 Å². The Morgan fingerprint density at radius 2 is 1.84 bits per heavy atom. The third-order valence-corrected chi connectivity index (χ3v) is 6.58. The minimum absolute atomic E-state index is 0.0639. The lowest BCUT2D eigenvalue weighted by Crippen LogP contribution is -2.45. The molecule has 2 bridgehead atoms. The first-order chi connectivity index (χ1) is 15.2. The van der Waals surface area contributed by atoms with Crippen LogP contribution in [0.1, 0.15) is 19.3 Å². The highest BCUT2D eigenvalue weighted by molar-refractivity contribution is 5.71. The predicted molar refractivity (Wildman–Crippen MR) is 110 cm³/mol. The fraction of sp³-hybridized carbons (Fsp3) is 0.409. The van der Waals surface area contributed by atoms with Crippen molar-refractivity contribution in [2.45, 2.75) is 37.5 Å². The Bertz CT molecular complexity index is 1110. The molecule has 2 N–H and O–H groups in total. The molecule has 158 valence electrons. The highest BCUT2D eigenvalue weighted by Gasteiger charge is 2.57. The van der Waals surface area contributed by atoms with Crippen molar-refractivity contribution in [1.29, 1.82) is 0 Å². The van der Waals surface area contributed by atoms with E-state index in [4.69, 9.17) is 9.47 Å². The van der Waals surface area contributed by atoms with Gasteiger partial charge in [-0.2, -0.15) is 9.97 Å². The van der Waals surface area contributed by atoms with Crippen molar-refractivity contribution >= 4 is 0 Å². The van der Waals surface area contributed by atoms with Gasteiger partial charge in [0.1, 0.15) is 18.2 Å². The summed E-state index contributed by atoms with van der Waals surface area (Å²) in [5.41, 5.74) is 1.79. The fourth-order valence-electron chi connectivity index (χ4n) is 5.03. The quantitative estimate of drug-likeness (QED) is 0.643. The molecule has 0 radical (unpaired) electrons. The van der Waals surface area contributed by atoms with Crippen molar-refractivity contribution in [2.24, 2.45) is 11.8 Å². The second kappa shape index (κ2) is 7.12. The second-order valence-electron chi connectivity index (χ2n) is 8.44. The molecule has 31 heavy (non-hydrogen) atoms. The summed E-state index contributed by atoms with van der Waals surface area (Å²) in [7, 11) is 1.49.